The van der Waals surface area contributed by atoms with Crippen LogP contribution in [0.3, 0.4) is 0 Å². The van der Waals surface area contributed by atoms with Crippen LogP contribution in [0.1, 0.15) is 24.3 Å². The number of allylic oxidation sites excluding steroid dienone is 2. The maximum absolute atomic E-state index is 11.1. The molecule has 0 aromatic heterocycles. The van der Waals surface area contributed by atoms with Crippen molar-refractivity contribution in [3.63, 3.8) is 0 Å². The summed E-state index contributed by atoms with van der Waals surface area (Å²) in [6, 6.07) is 7.60. The van der Waals surface area contributed by atoms with Gasteiger partial charge in [0.05, 0.1) is 0 Å². The molecule has 0 fully saturated rings. The Morgan fingerprint density at radius 3 is 2.40 bits per heavy atom. The Labute approximate surface area is 98.7 Å². The highest BCUT2D eigenvalue weighted by Gasteiger charge is 2.21. The highest BCUT2D eigenvalue weighted by Crippen LogP contribution is 2.35. The molecule has 0 saturated carbocycles. The molecule has 0 bridgehead atoms. The number of ketones is 1. The number of halogens is 2. The van der Waals surface area contributed by atoms with Gasteiger partial charge in [-0.2, -0.15) is 0 Å². The van der Waals surface area contributed by atoms with Crippen LogP contribution in [0.25, 0.3) is 0 Å². The van der Waals surface area contributed by atoms with Gasteiger partial charge >= 0.3 is 0 Å². The van der Waals surface area contributed by atoms with Gasteiger partial charge < -0.3 is 0 Å². The van der Waals surface area contributed by atoms with Crippen LogP contribution in [0.5, 0.6) is 0 Å². The molecule has 1 atom stereocenters. The van der Waals surface area contributed by atoms with Crippen LogP contribution < -0.4 is 0 Å². The zero-order valence-electron chi connectivity index (χ0n) is 8.04. The van der Waals surface area contributed by atoms with Crippen LogP contribution in [0.4, 0.5) is 0 Å². The third-order valence-electron chi connectivity index (χ3n) is 2.58. The minimum atomic E-state index is 0.116. The van der Waals surface area contributed by atoms with Crippen molar-refractivity contribution < 1.29 is 4.79 Å². The molecular weight excluding hydrogens is 231 g/mol. The van der Waals surface area contributed by atoms with Gasteiger partial charge in [0.25, 0.3) is 0 Å². The largest absolute Gasteiger partial charge is 0.295 e. The Balaban J connectivity index is 2.28. The first-order chi connectivity index (χ1) is 7.16. The molecule has 0 aliphatic heterocycles. The molecule has 0 spiro atoms. The SMILES string of the molecule is O=C1C=C(Cl)C(c2ccc(Cl)cc2)CC1. The normalized spacial score (nSPS) is 21.3. The molecule has 2 rings (SSSR count). The van der Waals surface area contributed by atoms with Crippen molar-refractivity contribution in [3.05, 3.63) is 46.0 Å². The summed E-state index contributed by atoms with van der Waals surface area (Å²) in [6.07, 6.45) is 2.89. The number of hydrogen-bond donors (Lipinski definition) is 0. The third kappa shape index (κ3) is 2.42. The molecule has 1 aromatic carbocycles. The van der Waals surface area contributed by atoms with Gasteiger partial charge in [0, 0.05) is 22.4 Å². The van der Waals surface area contributed by atoms with E-state index < -0.39 is 0 Å². The molecule has 15 heavy (non-hydrogen) atoms. The molecule has 0 heterocycles. The van der Waals surface area contributed by atoms with Gasteiger partial charge in [-0.15, -0.1) is 0 Å². The van der Waals surface area contributed by atoms with E-state index in [9.17, 15) is 4.79 Å². The maximum atomic E-state index is 11.1. The van der Waals surface area contributed by atoms with Crippen LogP contribution in [0, 0.1) is 0 Å². The minimum Gasteiger partial charge on any atom is -0.295 e. The molecule has 1 aliphatic carbocycles. The molecule has 1 aliphatic rings. The Kier molecular flexibility index (Phi) is 3.13. The van der Waals surface area contributed by atoms with Crippen molar-refractivity contribution in [2.45, 2.75) is 18.8 Å². The van der Waals surface area contributed by atoms with E-state index in [4.69, 9.17) is 23.2 Å². The fourth-order valence-electron chi connectivity index (χ4n) is 1.77. The number of carbonyl (C=O) groups is 1. The van der Waals surface area contributed by atoms with E-state index in [1.807, 2.05) is 24.3 Å². The summed E-state index contributed by atoms with van der Waals surface area (Å²) >= 11 is 11.9. The minimum absolute atomic E-state index is 0.116. The zero-order chi connectivity index (χ0) is 10.8. The summed E-state index contributed by atoms with van der Waals surface area (Å²) in [5.74, 6) is 0.270. The first-order valence-corrected chi connectivity index (χ1v) is 5.58. The van der Waals surface area contributed by atoms with Crippen LogP contribution in [-0.4, -0.2) is 5.78 Å². The van der Waals surface area contributed by atoms with Crippen molar-refractivity contribution in [1.29, 1.82) is 0 Å². The molecule has 78 valence electrons. The Morgan fingerprint density at radius 2 is 1.80 bits per heavy atom. The zero-order valence-corrected chi connectivity index (χ0v) is 9.55. The lowest BCUT2D eigenvalue weighted by atomic mass is 9.88. The summed E-state index contributed by atoms with van der Waals surface area (Å²) in [5, 5.41) is 1.35. The van der Waals surface area contributed by atoms with Crippen LogP contribution >= 0.6 is 23.2 Å². The summed E-state index contributed by atoms with van der Waals surface area (Å²) in [7, 11) is 0. The lowest BCUT2D eigenvalue weighted by Crippen LogP contribution is -2.09. The number of carbonyl (C=O) groups excluding carboxylic acids is 1. The lowest BCUT2D eigenvalue weighted by molar-refractivity contribution is -0.115. The molecule has 0 N–H and O–H groups in total. The first-order valence-electron chi connectivity index (χ1n) is 4.82. The molecule has 1 nitrogen and oxygen atoms in total. The fourth-order valence-corrected chi connectivity index (χ4v) is 2.25. The third-order valence-corrected chi connectivity index (χ3v) is 3.21. The highest BCUT2D eigenvalue weighted by molar-refractivity contribution is 6.32. The standard InChI is InChI=1S/C12H10Cl2O/c13-9-3-1-8(2-4-9)11-6-5-10(15)7-12(11)14/h1-4,7,11H,5-6H2. The van der Waals surface area contributed by atoms with Crippen molar-refractivity contribution in [2.75, 3.05) is 0 Å². The Hall–Kier alpha value is -0.790. The van der Waals surface area contributed by atoms with Crippen molar-refractivity contribution in [3.8, 4) is 0 Å². The van der Waals surface area contributed by atoms with Crippen molar-refractivity contribution in [1.82, 2.24) is 0 Å². The Bertz CT molecular complexity index is 406. The smallest absolute Gasteiger partial charge is 0.156 e. The van der Waals surface area contributed by atoms with Gasteiger partial charge in [-0.3, -0.25) is 4.79 Å². The fraction of sp³-hybridized carbons (Fsp3) is 0.250. The predicted molar refractivity (Wildman–Crippen MR) is 62.4 cm³/mol. The van der Waals surface area contributed by atoms with E-state index in [2.05, 4.69) is 0 Å². The summed E-state index contributed by atoms with van der Waals surface area (Å²) in [6.45, 7) is 0. The van der Waals surface area contributed by atoms with Gasteiger partial charge in [0.2, 0.25) is 0 Å². The van der Waals surface area contributed by atoms with Gasteiger partial charge in [-0.1, -0.05) is 35.3 Å². The molecule has 1 unspecified atom stereocenters. The number of hydrogen-bond acceptors (Lipinski definition) is 1. The molecular formula is C12H10Cl2O. The molecule has 3 heteroatoms. The summed E-state index contributed by atoms with van der Waals surface area (Å²) in [5.41, 5.74) is 1.12. The van der Waals surface area contributed by atoms with E-state index in [0.717, 1.165) is 12.0 Å². The Morgan fingerprint density at radius 1 is 1.13 bits per heavy atom. The molecule has 0 radical (unpaired) electrons. The molecule has 0 amide bonds. The topological polar surface area (TPSA) is 17.1 Å². The summed E-state index contributed by atoms with van der Waals surface area (Å²) in [4.78, 5) is 11.1. The second-order valence-corrected chi connectivity index (χ2v) is 4.51. The predicted octanol–water partition coefficient (Wildman–Crippen LogP) is 3.91. The maximum Gasteiger partial charge on any atom is 0.156 e. The van der Waals surface area contributed by atoms with Gasteiger partial charge in [-0.05, 0) is 30.2 Å². The molecule has 0 saturated heterocycles. The van der Waals surface area contributed by atoms with E-state index in [-0.39, 0.29) is 11.7 Å². The van der Waals surface area contributed by atoms with Crippen LogP contribution in [0.2, 0.25) is 5.02 Å². The van der Waals surface area contributed by atoms with E-state index in [0.29, 0.717) is 16.5 Å². The molecule has 1 aromatic rings. The number of rotatable bonds is 1. The van der Waals surface area contributed by atoms with Gasteiger partial charge in [0.15, 0.2) is 5.78 Å². The average molecular weight is 241 g/mol. The average Bonchev–Trinajstić information content (AvgIpc) is 2.20. The van der Waals surface area contributed by atoms with Crippen molar-refractivity contribution in [2.24, 2.45) is 0 Å². The van der Waals surface area contributed by atoms with Crippen molar-refractivity contribution >= 4 is 29.0 Å². The van der Waals surface area contributed by atoms with E-state index in [1.165, 1.54) is 6.08 Å². The second kappa shape index (κ2) is 4.38. The van der Waals surface area contributed by atoms with Gasteiger partial charge in [0.1, 0.15) is 0 Å². The lowest BCUT2D eigenvalue weighted by Gasteiger charge is -2.19. The quantitative estimate of drug-likeness (QED) is 0.728. The van der Waals surface area contributed by atoms with Crippen LogP contribution in [0.15, 0.2) is 35.4 Å². The van der Waals surface area contributed by atoms with E-state index >= 15 is 0 Å². The van der Waals surface area contributed by atoms with E-state index in [1.54, 1.807) is 0 Å². The first kappa shape index (κ1) is 10.7. The second-order valence-electron chi connectivity index (χ2n) is 3.64. The monoisotopic (exact) mass is 240 g/mol. The highest BCUT2D eigenvalue weighted by atomic mass is 35.5. The van der Waals surface area contributed by atoms with Gasteiger partial charge in [-0.25, -0.2) is 0 Å². The summed E-state index contributed by atoms with van der Waals surface area (Å²) < 4.78 is 0. The number of benzene rings is 1. The van der Waals surface area contributed by atoms with Crippen LogP contribution in [-0.2, 0) is 4.79 Å².